The molecule has 12 heteroatoms. The zero-order valence-corrected chi connectivity index (χ0v) is 17.0. The van der Waals surface area contributed by atoms with Crippen LogP contribution in [-0.2, 0) is 10.0 Å². The summed E-state index contributed by atoms with van der Waals surface area (Å²) in [6, 6.07) is 6.66. The van der Waals surface area contributed by atoms with Crippen molar-refractivity contribution in [1.29, 1.82) is 0 Å². The van der Waals surface area contributed by atoms with Crippen LogP contribution < -0.4 is 20.8 Å². The lowest BCUT2D eigenvalue weighted by Gasteiger charge is -2.16. The van der Waals surface area contributed by atoms with Gasteiger partial charge in [-0.25, -0.2) is 32.3 Å². The number of methoxy groups -OCH3 is 1. The Kier molecular flexibility index (Phi) is 5.45. The predicted molar refractivity (Wildman–Crippen MR) is 105 cm³/mol. The summed E-state index contributed by atoms with van der Waals surface area (Å²) >= 11 is 2.05. The molecule has 28 heavy (non-hydrogen) atoms. The Balaban J connectivity index is 2.28. The number of rotatable bonds is 5. The van der Waals surface area contributed by atoms with Crippen LogP contribution in [-0.4, -0.2) is 20.7 Å². The molecular weight excluding hydrogens is 511 g/mol. The monoisotopic (exact) mass is 523 g/mol. The Hall–Kier alpha value is -2.45. The van der Waals surface area contributed by atoms with Crippen molar-refractivity contribution in [1.82, 2.24) is 5.16 Å². The van der Waals surface area contributed by atoms with Gasteiger partial charge in [-0.15, -0.1) is 0 Å². The minimum absolute atomic E-state index is 0.0826. The maximum atomic E-state index is 14.8. The van der Waals surface area contributed by atoms with E-state index in [1.807, 2.05) is 22.6 Å². The summed E-state index contributed by atoms with van der Waals surface area (Å²) in [6.07, 6.45) is 0. The molecule has 2 aromatic carbocycles. The number of nitrogens with one attached hydrogen (secondary N) is 2. The van der Waals surface area contributed by atoms with Gasteiger partial charge in [-0.2, -0.15) is 0 Å². The van der Waals surface area contributed by atoms with Gasteiger partial charge < -0.3 is 14.6 Å². The number of primary sulfonamides is 1. The first-order valence-electron chi connectivity index (χ1n) is 7.46. The fourth-order valence-corrected chi connectivity index (χ4v) is 3.55. The molecular formula is C16H12F2IN3O5S. The molecule has 3 aromatic rings. The molecule has 0 aliphatic heterocycles. The second-order valence-electron chi connectivity index (χ2n) is 5.52. The SMILES string of the molecule is COc1cc(I)ccc1Nc1c(-c2cc(=O)o[nH]2)cc(S(N)(=O)=O)c(F)c1F. The number of H-pyrrole nitrogens is 1. The lowest BCUT2D eigenvalue weighted by atomic mass is 10.1. The van der Waals surface area contributed by atoms with Gasteiger partial charge >= 0.3 is 5.63 Å². The van der Waals surface area contributed by atoms with E-state index < -0.39 is 37.9 Å². The van der Waals surface area contributed by atoms with E-state index in [-0.39, 0.29) is 16.9 Å². The number of sulfonamides is 1. The minimum Gasteiger partial charge on any atom is -0.495 e. The quantitative estimate of drug-likeness (QED) is 0.442. The van der Waals surface area contributed by atoms with Crippen molar-refractivity contribution in [2.75, 3.05) is 12.4 Å². The minimum atomic E-state index is -4.58. The fraction of sp³-hybridized carbons (Fsp3) is 0.0625. The molecule has 0 radical (unpaired) electrons. The van der Waals surface area contributed by atoms with Crippen LogP contribution in [0.15, 0.2) is 44.5 Å². The third kappa shape index (κ3) is 3.88. The van der Waals surface area contributed by atoms with E-state index in [1.165, 1.54) is 7.11 Å². The zero-order valence-electron chi connectivity index (χ0n) is 14.0. The van der Waals surface area contributed by atoms with Crippen molar-refractivity contribution in [3.8, 4) is 17.0 Å². The highest BCUT2D eigenvalue weighted by Crippen LogP contribution is 2.38. The normalized spacial score (nSPS) is 11.5. The van der Waals surface area contributed by atoms with E-state index >= 15 is 0 Å². The Labute approximate surface area is 170 Å². The van der Waals surface area contributed by atoms with Crippen LogP contribution in [0.25, 0.3) is 11.3 Å². The summed E-state index contributed by atoms with van der Waals surface area (Å²) in [4.78, 5) is 10.3. The number of aromatic amines is 1. The maximum Gasteiger partial charge on any atom is 0.357 e. The van der Waals surface area contributed by atoms with Crippen LogP contribution in [0.2, 0.25) is 0 Å². The Bertz CT molecular complexity index is 1220. The van der Waals surface area contributed by atoms with Gasteiger partial charge in [0.15, 0.2) is 11.6 Å². The van der Waals surface area contributed by atoms with Gasteiger partial charge in [0.05, 0.1) is 30.2 Å². The molecule has 0 spiro atoms. The lowest BCUT2D eigenvalue weighted by molar-refractivity contribution is 0.393. The highest BCUT2D eigenvalue weighted by molar-refractivity contribution is 14.1. The number of ether oxygens (including phenoxy) is 1. The first kappa shape index (κ1) is 20.3. The predicted octanol–water partition coefficient (Wildman–Crippen LogP) is 2.92. The molecule has 0 unspecified atom stereocenters. The van der Waals surface area contributed by atoms with Gasteiger partial charge in [-0.3, -0.25) is 0 Å². The van der Waals surface area contributed by atoms with Crippen LogP contribution in [0.4, 0.5) is 20.2 Å². The van der Waals surface area contributed by atoms with E-state index in [1.54, 1.807) is 18.2 Å². The van der Waals surface area contributed by atoms with Gasteiger partial charge in [0.25, 0.3) is 0 Å². The van der Waals surface area contributed by atoms with E-state index in [0.29, 0.717) is 5.75 Å². The van der Waals surface area contributed by atoms with Crippen molar-refractivity contribution >= 4 is 44.0 Å². The summed E-state index contributed by atoms with van der Waals surface area (Å²) in [6.45, 7) is 0. The van der Waals surface area contributed by atoms with Crippen molar-refractivity contribution in [2.24, 2.45) is 5.14 Å². The van der Waals surface area contributed by atoms with Crippen LogP contribution in [0.1, 0.15) is 0 Å². The molecule has 4 N–H and O–H groups in total. The first-order chi connectivity index (χ1) is 13.1. The number of anilines is 2. The standard InChI is InChI=1S/C16H12F2IN3O5S/c1-26-11-4-7(19)2-3-9(11)21-16-8(10-6-13(23)27-22-10)5-12(28(20,24)25)14(17)15(16)18/h2-6,21-22H,1H3,(H2,20,24,25). The molecule has 148 valence electrons. The summed E-state index contributed by atoms with van der Waals surface area (Å²) in [5.41, 5.74) is -1.23. The van der Waals surface area contributed by atoms with E-state index in [9.17, 15) is 22.0 Å². The second-order valence-corrected chi connectivity index (χ2v) is 8.30. The van der Waals surface area contributed by atoms with E-state index in [4.69, 9.17) is 9.88 Å². The van der Waals surface area contributed by atoms with E-state index in [2.05, 4.69) is 15.0 Å². The first-order valence-corrected chi connectivity index (χ1v) is 10.1. The molecule has 1 heterocycles. The van der Waals surface area contributed by atoms with Crippen molar-refractivity contribution < 1.29 is 26.5 Å². The number of hydrogen-bond donors (Lipinski definition) is 3. The molecule has 0 saturated heterocycles. The average molecular weight is 523 g/mol. The maximum absolute atomic E-state index is 14.8. The topological polar surface area (TPSA) is 127 Å². The number of hydrogen-bond acceptors (Lipinski definition) is 6. The molecule has 0 aliphatic carbocycles. The molecule has 0 amide bonds. The van der Waals surface area contributed by atoms with Crippen LogP contribution in [0, 0.1) is 15.2 Å². The van der Waals surface area contributed by atoms with Gasteiger partial charge in [-0.1, -0.05) is 0 Å². The van der Waals surface area contributed by atoms with Crippen LogP contribution >= 0.6 is 22.6 Å². The smallest absolute Gasteiger partial charge is 0.357 e. The van der Waals surface area contributed by atoms with Gasteiger partial charge in [0, 0.05) is 9.13 Å². The van der Waals surface area contributed by atoms with E-state index in [0.717, 1.165) is 15.7 Å². The average Bonchev–Trinajstić information content (AvgIpc) is 3.05. The van der Waals surface area contributed by atoms with Crippen molar-refractivity contribution in [3.63, 3.8) is 0 Å². The number of aromatic nitrogens is 1. The zero-order chi connectivity index (χ0) is 20.6. The molecule has 0 bridgehead atoms. The van der Waals surface area contributed by atoms with Gasteiger partial charge in [-0.05, 0) is 46.9 Å². The van der Waals surface area contributed by atoms with Crippen molar-refractivity contribution in [3.05, 3.63) is 56.0 Å². The van der Waals surface area contributed by atoms with Crippen LogP contribution in [0.5, 0.6) is 5.75 Å². The third-order valence-corrected chi connectivity index (χ3v) is 5.30. The Morgan fingerprint density at radius 2 is 1.93 bits per heavy atom. The molecule has 0 atom stereocenters. The lowest BCUT2D eigenvalue weighted by Crippen LogP contribution is -2.16. The molecule has 8 nitrogen and oxygen atoms in total. The fourth-order valence-electron chi connectivity index (χ4n) is 2.46. The number of benzene rings is 2. The number of halogens is 3. The number of nitrogens with two attached hydrogens (primary N) is 1. The second kappa shape index (κ2) is 7.52. The summed E-state index contributed by atoms with van der Waals surface area (Å²) < 4.78 is 63.1. The molecule has 0 saturated carbocycles. The van der Waals surface area contributed by atoms with Gasteiger partial charge in [0.2, 0.25) is 10.0 Å². The highest BCUT2D eigenvalue weighted by atomic mass is 127. The summed E-state index contributed by atoms with van der Waals surface area (Å²) in [5, 5.41) is 9.87. The molecule has 1 aromatic heterocycles. The van der Waals surface area contributed by atoms with Crippen LogP contribution in [0.3, 0.4) is 0 Å². The van der Waals surface area contributed by atoms with Crippen molar-refractivity contribution in [2.45, 2.75) is 4.90 Å². The third-order valence-electron chi connectivity index (χ3n) is 3.72. The summed E-state index contributed by atoms with van der Waals surface area (Å²) in [7, 11) is -3.18. The highest BCUT2D eigenvalue weighted by Gasteiger charge is 2.26. The summed E-state index contributed by atoms with van der Waals surface area (Å²) in [5.74, 6) is -2.85. The molecule has 0 fully saturated rings. The Morgan fingerprint density at radius 1 is 1.21 bits per heavy atom. The Morgan fingerprint density at radius 3 is 2.50 bits per heavy atom. The largest absolute Gasteiger partial charge is 0.495 e. The molecule has 3 rings (SSSR count). The molecule has 0 aliphatic rings. The van der Waals surface area contributed by atoms with Gasteiger partial charge in [0.1, 0.15) is 10.6 Å².